The van der Waals surface area contributed by atoms with Gasteiger partial charge in [0.2, 0.25) is 0 Å². The molecule has 0 atom stereocenters. The predicted octanol–water partition coefficient (Wildman–Crippen LogP) is 3.49. The molecule has 0 bridgehead atoms. The van der Waals surface area contributed by atoms with Crippen molar-refractivity contribution in [3.8, 4) is 0 Å². The minimum atomic E-state index is -0.198. The number of pyridine rings is 1. The second-order valence-electron chi connectivity index (χ2n) is 2.95. The summed E-state index contributed by atoms with van der Waals surface area (Å²) in [5, 5.41) is 2.84. The number of aromatic nitrogens is 1. The van der Waals surface area contributed by atoms with Crippen LogP contribution in [0.2, 0.25) is 0 Å². The zero-order chi connectivity index (χ0) is 9.97. The summed E-state index contributed by atoms with van der Waals surface area (Å²) < 4.78 is 12.9. The largest absolute Gasteiger partial charge is 0.249 e. The van der Waals surface area contributed by atoms with Crippen LogP contribution in [0.5, 0.6) is 0 Å². The number of rotatable bonds is 2. The summed E-state index contributed by atoms with van der Waals surface area (Å²) >= 11 is 1.66. The van der Waals surface area contributed by atoms with Crippen LogP contribution in [0.3, 0.4) is 0 Å². The topological polar surface area (TPSA) is 12.9 Å². The van der Waals surface area contributed by atoms with Crippen molar-refractivity contribution in [3.05, 3.63) is 36.3 Å². The molecule has 0 spiro atoms. The average molecular weight is 207 g/mol. The molecule has 3 heteroatoms. The van der Waals surface area contributed by atoms with Crippen molar-refractivity contribution in [1.82, 2.24) is 4.98 Å². The molecule has 14 heavy (non-hydrogen) atoms. The van der Waals surface area contributed by atoms with E-state index in [2.05, 4.69) is 11.9 Å². The minimum absolute atomic E-state index is 0.198. The lowest BCUT2D eigenvalue weighted by Gasteiger charge is -2.00. The van der Waals surface area contributed by atoms with E-state index < -0.39 is 0 Å². The van der Waals surface area contributed by atoms with Gasteiger partial charge in [-0.1, -0.05) is 6.92 Å². The standard InChI is InChI=1S/C11H10FNS/c1-2-14-11-6-9-5-10(12)4-3-8(9)7-13-11/h3-7H,2H2,1H3. The van der Waals surface area contributed by atoms with E-state index in [-0.39, 0.29) is 5.82 Å². The Morgan fingerprint density at radius 2 is 2.14 bits per heavy atom. The third-order valence-corrected chi connectivity index (χ3v) is 2.76. The summed E-state index contributed by atoms with van der Waals surface area (Å²) in [5.74, 6) is 0.782. The van der Waals surface area contributed by atoms with Gasteiger partial charge in [0.1, 0.15) is 5.82 Å². The molecule has 0 saturated carbocycles. The quantitative estimate of drug-likeness (QED) is 0.699. The van der Waals surface area contributed by atoms with Gasteiger partial charge in [0, 0.05) is 11.6 Å². The zero-order valence-corrected chi connectivity index (χ0v) is 8.64. The normalized spacial score (nSPS) is 10.7. The lowest BCUT2D eigenvalue weighted by molar-refractivity contribution is 0.629. The number of hydrogen-bond donors (Lipinski definition) is 0. The predicted molar refractivity (Wildman–Crippen MR) is 58.1 cm³/mol. The van der Waals surface area contributed by atoms with Gasteiger partial charge < -0.3 is 0 Å². The second kappa shape index (κ2) is 3.96. The first-order chi connectivity index (χ1) is 6.79. The molecule has 0 amide bonds. The Morgan fingerprint density at radius 3 is 2.93 bits per heavy atom. The maximum absolute atomic E-state index is 12.9. The third-order valence-electron chi connectivity index (χ3n) is 1.95. The van der Waals surface area contributed by atoms with E-state index in [1.165, 1.54) is 12.1 Å². The second-order valence-corrected chi connectivity index (χ2v) is 4.23. The molecule has 0 fully saturated rings. The molecule has 2 rings (SSSR count). The van der Waals surface area contributed by atoms with Crippen LogP contribution in [0.15, 0.2) is 35.5 Å². The first-order valence-corrected chi connectivity index (χ1v) is 5.46. The van der Waals surface area contributed by atoms with Gasteiger partial charge in [-0.05, 0) is 35.4 Å². The van der Waals surface area contributed by atoms with Crippen LogP contribution in [0.25, 0.3) is 10.8 Å². The summed E-state index contributed by atoms with van der Waals surface area (Å²) in [5.41, 5.74) is 0. The maximum atomic E-state index is 12.9. The van der Waals surface area contributed by atoms with E-state index in [0.717, 1.165) is 21.6 Å². The van der Waals surface area contributed by atoms with Crippen LogP contribution in [0, 0.1) is 5.82 Å². The Balaban J connectivity index is 2.52. The Hall–Kier alpha value is -1.09. The van der Waals surface area contributed by atoms with E-state index in [0.29, 0.717) is 0 Å². The van der Waals surface area contributed by atoms with Gasteiger partial charge >= 0.3 is 0 Å². The van der Waals surface area contributed by atoms with E-state index in [1.54, 1.807) is 24.0 Å². The number of halogens is 1. The van der Waals surface area contributed by atoms with Gasteiger partial charge in [0.05, 0.1) is 5.03 Å². The first-order valence-electron chi connectivity index (χ1n) is 4.47. The molecule has 2 aromatic rings. The minimum Gasteiger partial charge on any atom is -0.249 e. The van der Waals surface area contributed by atoms with Gasteiger partial charge in [-0.3, -0.25) is 0 Å². The fourth-order valence-electron chi connectivity index (χ4n) is 1.32. The Bertz CT molecular complexity index is 456. The lowest BCUT2D eigenvalue weighted by Crippen LogP contribution is -1.82. The smallest absolute Gasteiger partial charge is 0.123 e. The molecule has 0 aliphatic carbocycles. The zero-order valence-electron chi connectivity index (χ0n) is 7.83. The summed E-state index contributed by atoms with van der Waals surface area (Å²) in [4.78, 5) is 4.27. The van der Waals surface area contributed by atoms with Gasteiger partial charge in [-0.15, -0.1) is 11.8 Å². The van der Waals surface area contributed by atoms with Crippen molar-refractivity contribution in [3.63, 3.8) is 0 Å². The van der Waals surface area contributed by atoms with Gasteiger partial charge in [-0.2, -0.15) is 0 Å². The summed E-state index contributed by atoms with van der Waals surface area (Å²) in [6.45, 7) is 2.07. The maximum Gasteiger partial charge on any atom is 0.123 e. The molecule has 1 aromatic heterocycles. The highest BCUT2D eigenvalue weighted by atomic mass is 32.2. The number of hydrogen-bond acceptors (Lipinski definition) is 2. The molecule has 0 radical (unpaired) electrons. The highest BCUT2D eigenvalue weighted by Crippen LogP contribution is 2.21. The van der Waals surface area contributed by atoms with Crippen molar-refractivity contribution in [2.45, 2.75) is 11.9 Å². The van der Waals surface area contributed by atoms with Crippen LogP contribution >= 0.6 is 11.8 Å². The van der Waals surface area contributed by atoms with Gasteiger partial charge in [-0.25, -0.2) is 9.37 Å². The molecule has 1 aromatic carbocycles. The van der Waals surface area contributed by atoms with Crippen molar-refractivity contribution in [1.29, 1.82) is 0 Å². The van der Waals surface area contributed by atoms with Gasteiger partial charge in [0.25, 0.3) is 0 Å². The number of nitrogens with zero attached hydrogens (tertiary/aromatic N) is 1. The van der Waals surface area contributed by atoms with Crippen LogP contribution in [-0.4, -0.2) is 10.7 Å². The number of fused-ring (bicyclic) bond motifs is 1. The van der Waals surface area contributed by atoms with Crippen LogP contribution in [0.1, 0.15) is 6.92 Å². The van der Waals surface area contributed by atoms with E-state index in [9.17, 15) is 4.39 Å². The summed E-state index contributed by atoms with van der Waals surface area (Å²) in [6.07, 6.45) is 1.78. The number of benzene rings is 1. The fourth-order valence-corrected chi connectivity index (χ4v) is 1.95. The molecule has 0 aliphatic heterocycles. The molecule has 0 saturated heterocycles. The molecule has 1 nitrogen and oxygen atoms in total. The fraction of sp³-hybridized carbons (Fsp3) is 0.182. The monoisotopic (exact) mass is 207 g/mol. The molecule has 0 unspecified atom stereocenters. The van der Waals surface area contributed by atoms with E-state index in [1.807, 2.05) is 6.07 Å². The van der Waals surface area contributed by atoms with Crippen molar-refractivity contribution in [2.75, 3.05) is 5.75 Å². The van der Waals surface area contributed by atoms with Gasteiger partial charge in [0.15, 0.2) is 0 Å². The van der Waals surface area contributed by atoms with Crippen molar-refractivity contribution < 1.29 is 4.39 Å². The van der Waals surface area contributed by atoms with Crippen LogP contribution in [-0.2, 0) is 0 Å². The van der Waals surface area contributed by atoms with Crippen molar-refractivity contribution >= 4 is 22.5 Å². The SMILES string of the molecule is CCSc1cc2cc(F)ccc2cn1. The lowest BCUT2D eigenvalue weighted by atomic mass is 10.2. The van der Waals surface area contributed by atoms with E-state index in [4.69, 9.17) is 0 Å². The Labute approximate surface area is 86.4 Å². The summed E-state index contributed by atoms with van der Waals surface area (Å²) in [6, 6.07) is 6.66. The molecule has 72 valence electrons. The van der Waals surface area contributed by atoms with E-state index >= 15 is 0 Å². The molecule has 0 N–H and O–H groups in total. The Morgan fingerprint density at radius 1 is 1.29 bits per heavy atom. The first kappa shape index (κ1) is 9.46. The molecule has 1 heterocycles. The molecular weight excluding hydrogens is 197 g/mol. The Kier molecular flexibility index (Phi) is 2.68. The highest BCUT2D eigenvalue weighted by molar-refractivity contribution is 7.99. The van der Waals surface area contributed by atoms with Crippen molar-refractivity contribution in [2.24, 2.45) is 0 Å². The van der Waals surface area contributed by atoms with Crippen LogP contribution < -0.4 is 0 Å². The highest BCUT2D eigenvalue weighted by Gasteiger charge is 1.99. The average Bonchev–Trinajstić information content (AvgIpc) is 2.17. The summed E-state index contributed by atoms with van der Waals surface area (Å²) in [7, 11) is 0. The van der Waals surface area contributed by atoms with Crippen LogP contribution in [0.4, 0.5) is 4.39 Å². The molecule has 0 aliphatic rings. The third kappa shape index (κ3) is 1.87. The molecular formula is C11H10FNS. The number of thioether (sulfide) groups is 1.